The van der Waals surface area contributed by atoms with Gasteiger partial charge >= 0.3 is 23.9 Å². The zero-order chi connectivity index (χ0) is 23.3. The molecule has 4 atom stereocenters. The fourth-order valence-corrected chi connectivity index (χ4v) is 4.12. The molecule has 0 aromatic rings. The summed E-state index contributed by atoms with van der Waals surface area (Å²) >= 11 is 0. The van der Waals surface area contributed by atoms with Crippen molar-refractivity contribution >= 4 is 23.9 Å². The SMILES string of the molecule is C=C1C(=O)O[C@@H]2CC(COC(=O)C(C)C)=C([C@H](C)CCCOC(C)=O)[C@@H](OC(C)=O)[C@@H]12. The Kier molecular flexibility index (Phi) is 8.42. The number of fused-ring (bicyclic) bond motifs is 1. The van der Waals surface area contributed by atoms with Crippen molar-refractivity contribution in [3.8, 4) is 0 Å². The van der Waals surface area contributed by atoms with Crippen molar-refractivity contribution in [1.82, 2.24) is 0 Å². The lowest BCUT2D eigenvalue weighted by atomic mass is 9.73. The summed E-state index contributed by atoms with van der Waals surface area (Å²) in [5.74, 6) is -2.51. The highest BCUT2D eigenvalue weighted by Gasteiger charge is 2.50. The fourth-order valence-electron chi connectivity index (χ4n) is 4.12. The van der Waals surface area contributed by atoms with Crippen LogP contribution in [0.15, 0.2) is 23.3 Å². The van der Waals surface area contributed by atoms with E-state index >= 15 is 0 Å². The average Bonchev–Trinajstić information content (AvgIpc) is 2.96. The molecule has 0 amide bonds. The van der Waals surface area contributed by atoms with Gasteiger partial charge in [-0.3, -0.25) is 14.4 Å². The standard InChI is InChI=1S/C23H32O8/c1-12(2)22(26)29-11-17-10-18-20(14(4)23(27)31-18)21(30-16(6)25)19(17)13(3)8-7-9-28-15(5)24/h12-13,18,20-21H,4,7-11H2,1-3,5-6H3/t13-,18-,20+,21-/m1/s1. The Balaban J connectivity index is 2.35. The van der Waals surface area contributed by atoms with E-state index < -0.39 is 30.1 Å². The normalized spacial score (nSPS) is 23.9. The predicted octanol–water partition coefficient (Wildman–Crippen LogP) is 2.89. The lowest BCUT2D eigenvalue weighted by Crippen LogP contribution is -2.41. The highest BCUT2D eigenvalue weighted by Crippen LogP contribution is 2.45. The van der Waals surface area contributed by atoms with Gasteiger partial charge < -0.3 is 18.9 Å². The molecule has 0 aromatic carbocycles. The second-order valence-corrected chi connectivity index (χ2v) is 8.43. The van der Waals surface area contributed by atoms with Crippen LogP contribution in [0, 0.1) is 17.8 Å². The van der Waals surface area contributed by atoms with Crippen LogP contribution in [0.4, 0.5) is 0 Å². The number of carbonyl (C=O) groups excluding carboxylic acids is 4. The lowest BCUT2D eigenvalue weighted by molar-refractivity contribution is -0.151. The second-order valence-electron chi connectivity index (χ2n) is 8.43. The third-order valence-electron chi connectivity index (χ3n) is 5.58. The molecule has 31 heavy (non-hydrogen) atoms. The maximum Gasteiger partial charge on any atom is 0.334 e. The Labute approximate surface area is 182 Å². The maximum atomic E-state index is 12.2. The quantitative estimate of drug-likeness (QED) is 0.179. The molecule has 2 aliphatic rings. The van der Waals surface area contributed by atoms with E-state index in [0.29, 0.717) is 19.3 Å². The molecule has 0 N–H and O–H groups in total. The fraction of sp³-hybridized carbons (Fsp3) is 0.652. The minimum absolute atomic E-state index is 0.0334. The van der Waals surface area contributed by atoms with Crippen LogP contribution in [0.5, 0.6) is 0 Å². The van der Waals surface area contributed by atoms with Gasteiger partial charge in [0, 0.05) is 25.8 Å². The van der Waals surface area contributed by atoms with Crippen LogP contribution in [0.3, 0.4) is 0 Å². The number of esters is 4. The van der Waals surface area contributed by atoms with Crippen molar-refractivity contribution in [3.63, 3.8) is 0 Å². The van der Waals surface area contributed by atoms with E-state index in [4.69, 9.17) is 18.9 Å². The Morgan fingerprint density at radius 2 is 1.81 bits per heavy atom. The van der Waals surface area contributed by atoms with Gasteiger partial charge in [-0.25, -0.2) is 4.79 Å². The van der Waals surface area contributed by atoms with Gasteiger partial charge in [-0.2, -0.15) is 0 Å². The van der Waals surface area contributed by atoms with Crippen LogP contribution in [0.25, 0.3) is 0 Å². The zero-order valence-electron chi connectivity index (χ0n) is 18.9. The number of ether oxygens (including phenoxy) is 4. The summed E-state index contributed by atoms with van der Waals surface area (Å²) in [5.41, 5.74) is 1.87. The monoisotopic (exact) mass is 436 g/mol. The molecule has 1 saturated heterocycles. The largest absolute Gasteiger partial charge is 0.466 e. The van der Waals surface area contributed by atoms with Crippen molar-refractivity contribution in [2.45, 2.75) is 66.1 Å². The summed E-state index contributed by atoms with van der Waals surface area (Å²) < 4.78 is 21.6. The summed E-state index contributed by atoms with van der Waals surface area (Å²) in [4.78, 5) is 47.1. The first-order valence-electron chi connectivity index (χ1n) is 10.6. The van der Waals surface area contributed by atoms with Crippen LogP contribution in [0.1, 0.15) is 53.9 Å². The second kappa shape index (κ2) is 10.6. The molecule has 0 saturated carbocycles. The van der Waals surface area contributed by atoms with Gasteiger partial charge in [0.15, 0.2) is 0 Å². The molecule has 0 aromatic heterocycles. The highest BCUT2D eigenvalue weighted by molar-refractivity contribution is 5.91. The molecule has 0 radical (unpaired) electrons. The lowest BCUT2D eigenvalue weighted by Gasteiger charge is -2.38. The van der Waals surface area contributed by atoms with E-state index in [9.17, 15) is 19.2 Å². The van der Waals surface area contributed by atoms with Crippen molar-refractivity contribution in [2.75, 3.05) is 13.2 Å². The minimum Gasteiger partial charge on any atom is -0.466 e. The first kappa shape index (κ1) is 24.6. The van der Waals surface area contributed by atoms with E-state index in [1.807, 2.05) is 6.92 Å². The summed E-state index contributed by atoms with van der Waals surface area (Å²) in [5, 5.41) is 0. The predicted molar refractivity (Wildman–Crippen MR) is 111 cm³/mol. The number of rotatable bonds is 9. The molecule has 8 nitrogen and oxygen atoms in total. The van der Waals surface area contributed by atoms with Gasteiger partial charge in [0.25, 0.3) is 0 Å². The van der Waals surface area contributed by atoms with E-state index in [2.05, 4.69) is 6.58 Å². The molecular formula is C23H32O8. The molecule has 0 bridgehead atoms. The molecule has 2 rings (SSSR count). The Morgan fingerprint density at radius 1 is 1.13 bits per heavy atom. The van der Waals surface area contributed by atoms with Gasteiger partial charge in [-0.05, 0) is 29.9 Å². The van der Waals surface area contributed by atoms with Crippen molar-refractivity contribution < 1.29 is 38.1 Å². The first-order valence-corrected chi connectivity index (χ1v) is 10.6. The highest BCUT2D eigenvalue weighted by atomic mass is 16.6. The van der Waals surface area contributed by atoms with Crippen LogP contribution < -0.4 is 0 Å². The average molecular weight is 437 g/mol. The van der Waals surface area contributed by atoms with Crippen LogP contribution in [-0.2, 0) is 38.1 Å². The van der Waals surface area contributed by atoms with Crippen molar-refractivity contribution in [3.05, 3.63) is 23.3 Å². The maximum absolute atomic E-state index is 12.2. The number of carbonyl (C=O) groups is 4. The van der Waals surface area contributed by atoms with Gasteiger partial charge in [-0.15, -0.1) is 0 Å². The van der Waals surface area contributed by atoms with Gasteiger partial charge in [0.1, 0.15) is 18.8 Å². The van der Waals surface area contributed by atoms with Crippen LogP contribution in [-0.4, -0.2) is 49.3 Å². The number of hydrogen-bond donors (Lipinski definition) is 0. The smallest absolute Gasteiger partial charge is 0.334 e. The van der Waals surface area contributed by atoms with Crippen LogP contribution >= 0.6 is 0 Å². The topological polar surface area (TPSA) is 105 Å². The zero-order valence-corrected chi connectivity index (χ0v) is 18.9. The van der Waals surface area contributed by atoms with E-state index in [0.717, 1.165) is 11.1 Å². The third kappa shape index (κ3) is 6.18. The third-order valence-corrected chi connectivity index (χ3v) is 5.58. The summed E-state index contributed by atoms with van der Waals surface area (Å²) in [6.07, 6.45) is 0.393. The minimum atomic E-state index is -0.730. The number of hydrogen-bond acceptors (Lipinski definition) is 8. The summed E-state index contributed by atoms with van der Waals surface area (Å²) in [7, 11) is 0. The molecule has 1 fully saturated rings. The molecule has 0 unspecified atom stereocenters. The Bertz CT molecular complexity index is 778. The first-order chi connectivity index (χ1) is 14.5. The van der Waals surface area contributed by atoms with E-state index in [1.54, 1.807) is 13.8 Å². The van der Waals surface area contributed by atoms with E-state index in [1.165, 1.54) is 13.8 Å². The van der Waals surface area contributed by atoms with Gasteiger partial charge in [0.05, 0.1) is 18.4 Å². The summed E-state index contributed by atoms with van der Waals surface area (Å²) in [6.45, 7) is 12.3. The van der Waals surface area contributed by atoms with Gasteiger partial charge in [0.2, 0.25) is 0 Å². The van der Waals surface area contributed by atoms with Crippen LogP contribution in [0.2, 0.25) is 0 Å². The van der Waals surface area contributed by atoms with E-state index in [-0.39, 0.29) is 42.6 Å². The van der Waals surface area contributed by atoms with Crippen molar-refractivity contribution in [2.24, 2.45) is 17.8 Å². The molecule has 1 aliphatic heterocycles. The molecule has 172 valence electrons. The Morgan fingerprint density at radius 3 is 2.39 bits per heavy atom. The molecular weight excluding hydrogens is 404 g/mol. The molecule has 8 heteroatoms. The molecule has 1 heterocycles. The summed E-state index contributed by atoms with van der Waals surface area (Å²) in [6, 6.07) is 0. The van der Waals surface area contributed by atoms with Gasteiger partial charge in [-0.1, -0.05) is 27.4 Å². The Hall–Kier alpha value is -2.64. The molecule has 0 spiro atoms. The molecule has 1 aliphatic carbocycles. The van der Waals surface area contributed by atoms with Crippen molar-refractivity contribution in [1.29, 1.82) is 0 Å².